The van der Waals surface area contributed by atoms with E-state index in [2.05, 4.69) is 51.8 Å². The average molecular weight is 879 g/mol. The minimum atomic E-state index is -1.68. The van der Waals surface area contributed by atoms with Crippen molar-refractivity contribution in [1.29, 1.82) is 0 Å². The minimum Gasteiger partial charge on any atom is -0.480 e. The van der Waals surface area contributed by atoms with Crippen LogP contribution in [-0.4, -0.2) is 115 Å². The predicted octanol–water partition coefficient (Wildman–Crippen LogP) is -0.895. The van der Waals surface area contributed by atoms with Gasteiger partial charge in [-0.3, -0.25) is 33.6 Å². The number of hydrogen-bond donors (Lipinski definition) is 11. The van der Waals surface area contributed by atoms with Crippen LogP contribution in [-0.2, 0) is 57.6 Å². The fourth-order valence-corrected chi connectivity index (χ4v) is 6.53. The van der Waals surface area contributed by atoms with Crippen molar-refractivity contribution < 1.29 is 43.5 Å². The van der Waals surface area contributed by atoms with E-state index in [4.69, 9.17) is 11.5 Å². The van der Waals surface area contributed by atoms with E-state index in [1.54, 1.807) is 27.7 Å². The Balaban J connectivity index is 1.81. The van der Waals surface area contributed by atoms with E-state index >= 15 is 0 Å². The first-order chi connectivity index (χ1) is 29.8. The highest BCUT2D eigenvalue weighted by Crippen LogP contribution is 2.14. The standard InChI is InChI=1S/C42H62N12O9/c1-7-24(6)35(41(61)51-31(16-27-19-46-21-48-27)38(58)52-32(42(62)63)17-33(44)55)54-40(60)34(23(4)5)53-39(59)29(13-22(2)3)50-37(57)30(15-26-18-45-20-47-26)49-36(56)28(43)14-25-11-9-8-10-12-25/h8-12,18-24,28-32,34-35H,7,13-17,43H2,1-6H3,(H2,44,55)(H,45,47)(H,46,48)(H,49,56)(H,50,57)(H,51,61)(H,52,58)(H,53,59)(H,54,60)(H,62,63)/t24-,28-,29-,30-,31-,32-,34-,35-/m0/s1. The number of aliphatic carboxylic acids is 1. The summed E-state index contributed by atoms with van der Waals surface area (Å²) in [7, 11) is 0. The number of carbonyl (C=O) groups excluding carboxylic acids is 7. The normalized spacial score (nSPS) is 15.1. The van der Waals surface area contributed by atoms with E-state index in [9.17, 15) is 43.5 Å². The van der Waals surface area contributed by atoms with Crippen LogP contribution in [0, 0.1) is 17.8 Å². The number of aromatic amines is 2. The van der Waals surface area contributed by atoms with Crippen LogP contribution in [0.3, 0.4) is 0 Å². The molecule has 8 atom stereocenters. The SMILES string of the molecule is CC[C@H](C)[C@H](NC(=O)[C@@H](NC(=O)[C@H](CC(C)C)NC(=O)[C@H](Cc1cnc[nH]1)NC(=O)[C@@H](N)Cc1ccccc1)C(C)C)C(=O)N[C@@H](Cc1cnc[nH]1)C(=O)N[C@@H](CC(N)=O)C(=O)O. The first-order valence-electron chi connectivity index (χ1n) is 20.9. The molecule has 344 valence electrons. The number of carbonyl (C=O) groups is 8. The van der Waals surface area contributed by atoms with E-state index in [0.717, 1.165) is 5.56 Å². The number of carboxylic acid groups (broad SMARTS) is 1. The molecule has 2 heterocycles. The fourth-order valence-electron chi connectivity index (χ4n) is 6.53. The summed E-state index contributed by atoms with van der Waals surface area (Å²) in [6.07, 6.45) is 5.58. The van der Waals surface area contributed by atoms with E-state index in [-0.39, 0.29) is 31.6 Å². The van der Waals surface area contributed by atoms with Gasteiger partial charge in [0.05, 0.1) is 25.1 Å². The zero-order valence-corrected chi connectivity index (χ0v) is 36.5. The molecule has 63 heavy (non-hydrogen) atoms. The van der Waals surface area contributed by atoms with Gasteiger partial charge >= 0.3 is 5.97 Å². The van der Waals surface area contributed by atoms with Crippen molar-refractivity contribution in [3.8, 4) is 0 Å². The smallest absolute Gasteiger partial charge is 0.326 e. The second kappa shape index (κ2) is 24.7. The lowest BCUT2D eigenvalue weighted by Crippen LogP contribution is -2.62. The highest BCUT2D eigenvalue weighted by atomic mass is 16.4. The lowest BCUT2D eigenvalue weighted by molar-refractivity contribution is -0.143. The maximum Gasteiger partial charge on any atom is 0.326 e. The van der Waals surface area contributed by atoms with Gasteiger partial charge in [0.2, 0.25) is 41.4 Å². The summed E-state index contributed by atoms with van der Waals surface area (Å²) in [5, 5.41) is 25.4. The third-order valence-electron chi connectivity index (χ3n) is 10.3. The topological polar surface area (TPSA) is 338 Å². The molecule has 0 unspecified atom stereocenters. The zero-order valence-electron chi connectivity index (χ0n) is 36.5. The monoisotopic (exact) mass is 878 g/mol. The van der Waals surface area contributed by atoms with Crippen molar-refractivity contribution in [3.05, 3.63) is 72.3 Å². The van der Waals surface area contributed by atoms with Crippen LogP contribution in [0.1, 0.15) is 77.8 Å². The molecule has 0 aliphatic heterocycles. The maximum atomic E-state index is 14.1. The van der Waals surface area contributed by atoms with Crippen LogP contribution in [0.25, 0.3) is 0 Å². The number of imidazole rings is 2. The Hall–Kier alpha value is -6.64. The number of rotatable bonds is 26. The van der Waals surface area contributed by atoms with Crippen LogP contribution >= 0.6 is 0 Å². The van der Waals surface area contributed by atoms with E-state index in [0.29, 0.717) is 17.8 Å². The third-order valence-corrected chi connectivity index (χ3v) is 10.3. The van der Waals surface area contributed by atoms with Gasteiger partial charge < -0.3 is 58.4 Å². The van der Waals surface area contributed by atoms with Gasteiger partial charge in [-0.05, 0) is 36.2 Å². The summed E-state index contributed by atoms with van der Waals surface area (Å²) >= 11 is 0. The zero-order chi connectivity index (χ0) is 46.8. The number of aromatic nitrogens is 4. The largest absolute Gasteiger partial charge is 0.480 e. The number of nitrogens with zero attached hydrogens (tertiary/aromatic N) is 2. The van der Waals surface area contributed by atoms with Crippen LogP contribution < -0.4 is 43.4 Å². The van der Waals surface area contributed by atoms with E-state index in [1.165, 1.54) is 25.0 Å². The molecule has 7 amide bonds. The molecule has 0 bridgehead atoms. The summed E-state index contributed by atoms with van der Waals surface area (Å²) in [5.41, 5.74) is 13.2. The van der Waals surface area contributed by atoms with Crippen LogP contribution in [0.15, 0.2) is 55.4 Å². The number of hydrogen-bond acceptors (Lipinski definition) is 11. The molecular weight excluding hydrogens is 817 g/mol. The lowest BCUT2D eigenvalue weighted by atomic mass is 9.95. The molecule has 0 saturated carbocycles. The number of nitrogens with two attached hydrogens (primary N) is 2. The molecule has 3 aromatic rings. The molecule has 21 heteroatoms. The Morgan fingerprint density at radius 3 is 1.57 bits per heavy atom. The third kappa shape index (κ3) is 16.6. The molecule has 0 spiro atoms. The van der Waals surface area contributed by atoms with Gasteiger partial charge in [0.25, 0.3) is 0 Å². The molecule has 1 aromatic carbocycles. The maximum absolute atomic E-state index is 14.1. The fraction of sp³-hybridized carbons (Fsp3) is 0.524. The summed E-state index contributed by atoms with van der Waals surface area (Å²) in [6.45, 7) is 10.5. The van der Waals surface area contributed by atoms with Gasteiger partial charge in [-0.15, -0.1) is 0 Å². The highest BCUT2D eigenvalue weighted by molar-refractivity contribution is 5.97. The Bertz CT molecular complexity index is 1980. The molecule has 0 aliphatic carbocycles. The van der Waals surface area contributed by atoms with Gasteiger partial charge in [-0.25, -0.2) is 14.8 Å². The van der Waals surface area contributed by atoms with Crippen LogP contribution in [0.4, 0.5) is 0 Å². The summed E-state index contributed by atoms with van der Waals surface area (Å²) in [5.74, 6) is -8.04. The number of carboxylic acids is 1. The van der Waals surface area contributed by atoms with Crippen molar-refractivity contribution in [3.63, 3.8) is 0 Å². The average Bonchev–Trinajstić information content (AvgIpc) is 3.95. The van der Waals surface area contributed by atoms with Crippen molar-refractivity contribution >= 4 is 47.3 Å². The Kier molecular flexibility index (Phi) is 19.9. The molecule has 0 fully saturated rings. The van der Waals surface area contributed by atoms with Crippen LogP contribution in [0.2, 0.25) is 0 Å². The van der Waals surface area contributed by atoms with E-state index < -0.39 is 108 Å². The van der Waals surface area contributed by atoms with Gasteiger partial charge in [0.15, 0.2) is 0 Å². The molecule has 3 rings (SSSR count). The van der Waals surface area contributed by atoms with Crippen molar-refractivity contribution in [2.75, 3.05) is 0 Å². The summed E-state index contributed by atoms with van der Waals surface area (Å²) in [4.78, 5) is 120. The number of amides is 7. The van der Waals surface area contributed by atoms with Gasteiger partial charge in [0, 0.05) is 36.6 Å². The second-order valence-corrected chi connectivity index (χ2v) is 16.3. The number of nitrogens with one attached hydrogen (secondary N) is 8. The second-order valence-electron chi connectivity index (χ2n) is 16.3. The van der Waals surface area contributed by atoms with E-state index in [1.807, 2.05) is 44.2 Å². The molecule has 0 saturated heterocycles. The summed E-state index contributed by atoms with van der Waals surface area (Å²) < 4.78 is 0. The Morgan fingerprint density at radius 2 is 1.11 bits per heavy atom. The first-order valence-corrected chi connectivity index (χ1v) is 20.9. The molecule has 13 N–H and O–H groups in total. The molecular formula is C42H62N12O9. The number of H-pyrrole nitrogens is 2. The van der Waals surface area contributed by atoms with Gasteiger partial charge in [0.1, 0.15) is 36.3 Å². The van der Waals surface area contributed by atoms with Crippen molar-refractivity contribution in [2.45, 2.75) is 122 Å². The minimum absolute atomic E-state index is 0.000337. The van der Waals surface area contributed by atoms with Crippen LogP contribution in [0.5, 0.6) is 0 Å². The predicted molar refractivity (Wildman–Crippen MR) is 229 cm³/mol. The van der Waals surface area contributed by atoms with Crippen molar-refractivity contribution in [2.24, 2.45) is 29.2 Å². The summed E-state index contributed by atoms with van der Waals surface area (Å²) in [6, 6.07) is 0.313. The Morgan fingerprint density at radius 1 is 0.635 bits per heavy atom. The lowest BCUT2D eigenvalue weighted by Gasteiger charge is -2.31. The number of primary amides is 1. The van der Waals surface area contributed by atoms with Crippen molar-refractivity contribution in [1.82, 2.24) is 51.8 Å². The molecule has 0 radical (unpaired) electrons. The quantitative estimate of drug-likeness (QED) is 0.0468. The molecule has 2 aromatic heterocycles. The number of benzene rings is 1. The van der Waals surface area contributed by atoms with Gasteiger partial charge in [-0.2, -0.15) is 0 Å². The molecule has 0 aliphatic rings. The Labute approximate surface area is 365 Å². The molecule has 21 nitrogen and oxygen atoms in total. The van der Waals surface area contributed by atoms with Gasteiger partial charge in [-0.1, -0.05) is 78.3 Å². The first kappa shape index (κ1) is 50.7. The highest BCUT2D eigenvalue weighted by Gasteiger charge is 2.36.